The van der Waals surface area contributed by atoms with Crippen LogP contribution in [0.1, 0.15) is 27.7 Å². The molecule has 0 unspecified atom stereocenters. The lowest BCUT2D eigenvalue weighted by molar-refractivity contribution is 0.00578. The molecular formula is C15H17BClFN2O2. The first-order valence-electron chi connectivity index (χ1n) is 7.06. The van der Waals surface area contributed by atoms with Crippen LogP contribution in [0.4, 0.5) is 4.39 Å². The molecule has 1 aromatic heterocycles. The van der Waals surface area contributed by atoms with Crippen molar-refractivity contribution in [3.05, 3.63) is 41.3 Å². The van der Waals surface area contributed by atoms with Crippen molar-refractivity contribution in [3.63, 3.8) is 0 Å². The van der Waals surface area contributed by atoms with Gasteiger partial charge >= 0.3 is 7.12 Å². The number of rotatable bonds is 2. The highest BCUT2D eigenvalue weighted by Crippen LogP contribution is 2.36. The van der Waals surface area contributed by atoms with Crippen molar-refractivity contribution in [2.24, 2.45) is 0 Å². The Bertz CT molecular complexity index is 701. The summed E-state index contributed by atoms with van der Waals surface area (Å²) in [5.41, 5.74) is 0.406. The average Bonchev–Trinajstić information content (AvgIpc) is 2.93. The minimum atomic E-state index is -0.561. The molecule has 1 aliphatic heterocycles. The Morgan fingerprint density at radius 1 is 1.14 bits per heavy atom. The maximum atomic E-state index is 13.2. The van der Waals surface area contributed by atoms with Crippen molar-refractivity contribution in [2.75, 3.05) is 0 Å². The summed E-state index contributed by atoms with van der Waals surface area (Å²) >= 11 is 6.13. The predicted molar refractivity (Wildman–Crippen MR) is 84.2 cm³/mol. The highest BCUT2D eigenvalue weighted by atomic mass is 35.5. The summed E-state index contributed by atoms with van der Waals surface area (Å²) in [5.74, 6) is -0.391. The van der Waals surface area contributed by atoms with E-state index in [-0.39, 0.29) is 5.02 Å². The lowest BCUT2D eigenvalue weighted by Gasteiger charge is -2.32. The molecule has 2 aromatic rings. The molecule has 3 rings (SSSR count). The first kappa shape index (κ1) is 15.5. The summed E-state index contributed by atoms with van der Waals surface area (Å²) < 4.78 is 26.9. The van der Waals surface area contributed by atoms with Crippen molar-refractivity contribution in [1.82, 2.24) is 9.78 Å². The number of hydrogen-bond donors (Lipinski definition) is 0. The van der Waals surface area contributed by atoms with Crippen molar-refractivity contribution in [2.45, 2.75) is 38.9 Å². The van der Waals surface area contributed by atoms with E-state index in [1.54, 1.807) is 16.9 Å². The minimum absolute atomic E-state index is 0.279. The Labute approximate surface area is 134 Å². The molecule has 2 heterocycles. The van der Waals surface area contributed by atoms with E-state index >= 15 is 0 Å². The normalized spacial score (nSPS) is 19.6. The van der Waals surface area contributed by atoms with Crippen LogP contribution in [0.2, 0.25) is 5.02 Å². The van der Waals surface area contributed by atoms with Crippen molar-refractivity contribution in [3.8, 4) is 5.69 Å². The SMILES string of the molecule is CC1(C)OB(c2ccnn2-c2ccc(F)cc2Cl)OC1(C)C. The van der Waals surface area contributed by atoms with Crippen LogP contribution in [0.5, 0.6) is 0 Å². The Morgan fingerprint density at radius 2 is 1.77 bits per heavy atom. The minimum Gasteiger partial charge on any atom is -0.398 e. The zero-order valence-corrected chi connectivity index (χ0v) is 13.7. The molecule has 0 N–H and O–H groups in total. The first-order chi connectivity index (χ1) is 10.2. The lowest BCUT2D eigenvalue weighted by Crippen LogP contribution is -2.41. The Balaban J connectivity index is 2.00. The van der Waals surface area contributed by atoms with Crippen molar-refractivity contribution >= 4 is 24.3 Å². The van der Waals surface area contributed by atoms with E-state index in [9.17, 15) is 4.39 Å². The van der Waals surface area contributed by atoms with Gasteiger partial charge in [0, 0.05) is 6.20 Å². The molecule has 0 atom stereocenters. The van der Waals surface area contributed by atoms with Crippen LogP contribution in [0.25, 0.3) is 5.69 Å². The van der Waals surface area contributed by atoms with Gasteiger partial charge in [-0.25, -0.2) is 9.07 Å². The van der Waals surface area contributed by atoms with Gasteiger partial charge < -0.3 is 9.31 Å². The fraction of sp³-hybridized carbons (Fsp3) is 0.400. The molecule has 116 valence electrons. The summed E-state index contributed by atoms with van der Waals surface area (Å²) in [6, 6.07) is 5.99. The van der Waals surface area contributed by atoms with Crippen LogP contribution in [-0.2, 0) is 9.31 Å². The van der Waals surface area contributed by atoms with Crippen LogP contribution in [0, 0.1) is 5.82 Å². The van der Waals surface area contributed by atoms with Gasteiger partial charge in [0.2, 0.25) is 0 Å². The molecule has 1 aromatic carbocycles. The van der Waals surface area contributed by atoms with Crippen LogP contribution < -0.4 is 5.59 Å². The number of hydrogen-bond acceptors (Lipinski definition) is 3. The lowest BCUT2D eigenvalue weighted by atomic mass is 9.84. The van der Waals surface area contributed by atoms with Crippen LogP contribution >= 0.6 is 11.6 Å². The maximum absolute atomic E-state index is 13.2. The second kappa shape index (κ2) is 5.08. The van der Waals surface area contributed by atoms with Gasteiger partial charge in [0.15, 0.2) is 0 Å². The van der Waals surface area contributed by atoms with Crippen LogP contribution in [0.15, 0.2) is 30.5 Å². The summed E-state index contributed by atoms with van der Waals surface area (Å²) in [6.45, 7) is 7.94. The Morgan fingerprint density at radius 3 is 2.36 bits per heavy atom. The molecule has 22 heavy (non-hydrogen) atoms. The molecule has 0 aliphatic carbocycles. The predicted octanol–water partition coefficient (Wildman–Crippen LogP) is 2.96. The van der Waals surface area contributed by atoms with Crippen LogP contribution in [-0.4, -0.2) is 28.1 Å². The van der Waals surface area contributed by atoms with Gasteiger partial charge in [-0.1, -0.05) is 11.6 Å². The van der Waals surface area contributed by atoms with Crippen molar-refractivity contribution < 1.29 is 13.7 Å². The molecule has 0 spiro atoms. The van der Waals surface area contributed by atoms with E-state index in [4.69, 9.17) is 20.9 Å². The van der Waals surface area contributed by atoms with Gasteiger partial charge in [0.05, 0.1) is 27.5 Å². The standard InChI is InChI=1S/C15H17BClFN2O2/c1-14(2)15(3,4)22-16(21-14)13-7-8-19-20(13)12-6-5-10(18)9-11(12)17/h5-9H,1-4H3. The molecule has 4 nitrogen and oxygen atoms in total. The molecule has 0 bridgehead atoms. The summed E-state index contributed by atoms with van der Waals surface area (Å²) in [4.78, 5) is 0. The Hall–Kier alpha value is -1.37. The van der Waals surface area contributed by atoms with E-state index in [0.717, 1.165) is 0 Å². The quantitative estimate of drug-likeness (QED) is 0.798. The van der Waals surface area contributed by atoms with Gasteiger partial charge in [-0.05, 0) is 52.0 Å². The molecule has 1 aliphatic rings. The summed E-state index contributed by atoms with van der Waals surface area (Å²) in [7, 11) is -0.561. The third-order valence-electron chi connectivity index (χ3n) is 4.30. The monoisotopic (exact) mass is 322 g/mol. The second-order valence-corrected chi connectivity index (χ2v) is 6.76. The number of benzene rings is 1. The van der Waals surface area contributed by atoms with Gasteiger partial charge in [0.25, 0.3) is 0 Å². The van der Waals surface area contributed by atoms with Gasteiger partial charge in [-0.3, -0.25) is 0 Å². The Kier molecular flexibility index (Phi) is 3.59. The average molecular weight is 323 g/mol. The highest BCUT2D eigenvalue weighted by Gasteiger charge is 2.52. The summed E-state index contributed by atoms with van der Waals surface area (Å²) in [5, 5.41) is 4.55. The molecule has 1 saturated heterocycles. The van der Waals surface area contributed by atoms with Gasteiger partial charge in [-0.2, -0.15) is 5.10 Å². The van der Waals surface area contributed by atoms with Crippen LogP contribution in [0.3, 0.4) is 0 Å². The maximum Gasteiger partial charge on any atom is 0.514 e. The molecule has 1 fully saturated rings. The summed E-state index contributed by atoms with van der Waals surface area (Å²) in [6.07, 6.45) is 1.64. The molecule has 7 heteroatoms. The third kappa shape index (κ3) is 2.45. The van der Waals surface area contributed by atoms with Gasteiger partial charge in [-0.15, -0.1) is 0 Å². The zero-order valence-electron chi connectivity index (χ0n) is 12.9. The largest absolute Gasteiger partial charge is 0.514 e. The fourth-order valence-corrected chi connectivity index (χ4v) is 2.56. The number of halogens is 2. The number of nitrogens with zero attached hydrogens (tertiary/aromatic N) is 2. The smallest absolute Gasteiger partial charge is 0.398 e. The third-order valence-corrected chi connectivity index (χ3v) is 4.61. The van der Waals surface area contributed by atoms with E-state index in [1.165, 1.54) is 12.1 Å². The first-order valence-corrected chi connectivity index (χ1v) is 7.44. The van der Waals surface area contributed by atoms with Gasteiger partial charge in [0.1, 0.15) is 5.82 Å². The van der Waals surface area contributed by atoms with E-state index in [1.807, 2.05) is 33.8 Å². The van der Waals surface area contributed by atoms with E-state index < -0.39 is 24.1 Å². The molecule has 0 radical (unpaired) electrons. The zero-order chi connectivity index (χ0) is 16.1. The topological polar surface area (TPSA) is 36.3 Å². The highest BCUT2D eigenvalue weighted by molar-refractivity contribution is 6.61. The molecule has 0 saturated carbocycles. The number of aromatic nitrogens is 2. The van der Waals surface area contributed by atoms with Crippen molar-refractivity contribution in [1.29, 1.82) is 0 Å². The fourth-order valence-electron chi connectivity index (χ4n) is 2.31. The second-order valence-electron chi connectivity index (χ2n) is 6.35. The van der Waals surface area contributed by atoms with E-state index in [0.29, 0.717) is 11.3 Å². The molecule has 0 amide bonds. The van der Waals surface area contributed by atoms with E-state index in [2.05, 4.69) is 5.10 Å². The molecular weight excluding hydrogens is 305 g/mol.